The second kappa shape index (κ2) is 6.84. The standard InChI is InChI=1S/C20H35F/c1-14(2)17-11-12-20(5)13-19(21)16(4)8-6-7-15(3)9-10-18(17)20/h10,14-17,19H,6-9,11-13H2,1-5H3/b18-10+/t15-,16+,17+,19-,20-/m1/s1. The Morgan fingerprint density at radius 3 is 2.57 bits per heavy atom. The summed E-state index contributed by atoms with van der Waals surface area (Å²) < 4.78 is 14.7. The molecule has 0 aromatic heterocycles. The minimum Gasteiger partial charge on any atom is -0.247 e. The van der Waals surface area contributed by atoms with Gasteiger partial charge in [-0.1, -0.05) is 59.1 Å². The van der Waals surface area contributed by atoms with Crippen molar-refractivity contribution in [1.29, 1.82) is 0 Å². The van der Waals surface area contributed by atoms with Crippen LogP contribution in [0.4, 0.5) is 4.39 Å². The largest absolute Gasteiger partial charge is 0.247 e. The zero-order chi connectivity index (χ0) is 15.6. The van der Waals surface area contributed by atoms with E-state index >= 15 is 0 Å². The van der Waals surface area contributed by atoms with Crippen molar-refractivity contribution in [3.05, 3.63) is 11.6 Å². The maximum atomic E-state index is 14.7. The van der Waals surface area contributed by atoms with Gasteiger partial charge in [0.1, 0.15) is 6.17 Å². The number of rotatable bonds is 1. The van der Waals surface area contributed by atoms with Crippen molar-refractivity contribution in [2.24, 2.45) is 29.1 Å². The van der Waals surface area contributed by atoms with Crippen LogP contribution in [0.5, 0.6) is 0 Å². The monoisotopic (exact) mass is 294 g/mol. The zero-order valence-electron chi connectivity index (χ0n) is 14.8. The van der Waals surface area contributed by atoms with Crippen molar-refractivity contribution in [2.75, 3.05) is 0 Å². The van der Waals surface area contributed by atoms with Crippen LogP contribution in [0.2, 0.25) is 0 Å². The molecule has 5 atom stereocenters. The molecule has 0 heterocycles. The minimum atomic E-state index is -0.627. The maximum Gasteiger partial charge on any atom is 0.103 e. The lowest BCUT2D eigenvalue weighted by atomic mass is 9.74. The molecule has 0 unspecified atom stereocenters. The van der Waals surface area contributed by atoms with Crippen LogP contribution in [-0.4, -0.2) is 6.17 Å². The Kier molecular flexibility index (Phi) is 5.54. The van der Waals surface area contributed by atoms with Gasteiger partial charge in [0.2, 0.25) is 0 Å². The lowest BCUT2D eigenvalue weighted by Crippen LogP contribution is -2.26. The van der Waals surface area contributed by atoms with Gasteiger partial charge in [0.05, 0.1) is 0 Å². The van der Waals surface area contributed by atoms with E-state index in [1.807, 2.05) is 0 Å². The maximum absolute atomic E-state index is 14.7. The van der Waals surface area contributed by atoms with Crippen molar-refractivity contribution >= 4 is 0 Å². The Balaban J connectivity index is 2.28. The quantitative estimate of drug-likeness (QED) is 0.480. The molecule has 0 radical (unpaired) electrons. The van der Waals surface area contributed by atoms with Gasteiger partial charge in [-0.3, -0.25) is 0 Å². The van der Waals surface area contributed by atoms with E-state index in [1.165, 1.54) is 32.1 Å². The molecule has 1 saturated carbocycles. The fourth-order valence-corrected chi connectivity index (χ4v) is 4.58. The molecule has 21 heavy (non-hydrogen) atoms. The van der Waals surface area contributed by atoms with E-state index in [1.54, 1.807) is 5.57 Å². The van der Waals surface area contributed by atoms with Crippen molar-refractivity contribution < 1.29 is 4.39 Å². The predicted molar refractivity (Wildman–Crippen MR) is 90.1 cm³/mol. The van der Waals surface area contributed by atoms with Crippen molar-refractivity contribution in [3.8, 4) is 0 Å². The highest BCUT2D eigenvalue weighted by Crippen LogP contribution is 2.53. The number of halogens is 1. The Bertz CT molecular complexity index is 370. The van der Waals surface area contributed by atoms with Gasteiger partial charge in [-0.15, -0.1) is 0 Å². The molecular weight excluding hydrogens is 259 g/mol. The predicted octanol–water partition coefficient (Wildman–Crippen LogP) is 6.56. The lowest BCUT2D eigenvalue weighted by molar-refractivity contribution is 0.160. The van der Waals surface area contributed by atoms with Crippen LogP contribution >= 0.6 is 0 Å². The number of hydrogen-bond donors (Lipinski definition) is 0. The Hall–Kier alpha value is -0.330. The van der Waals surface area contributed by atoms with E-state index in [0.717, 1.165) is 18.8 Å². The van der Waals surface area contributed by atoms with Crippen LogP contribution in [0.1, 0.15) is 79.6 Å². The Morgan fingerprint density at radius 2 is 1.90 bits per heavy atom. The average Bonchev–Trinajstić information content (AvgIpc) is 2.71. The van der Waals surface area contributed by atoms with Gasteiger partial charge in [-0.05, 0) is 61.2 Å². The molecule has 0 bridgehead atoms. The van der Waals surface area contributed by atoms with E-state index < -0.39 is 6.17 Å². The van der Waals surface area contributed by atoms with Crippen molar-refractivity contribution in [2.45, 2.75) is 85.7 Å². The normalized spacial score (nSPS) is 44.8. The van der Waals surface area contributed by atoms with Crippen LogP contribution in [0.15, 0.2) is 11.6 Å². The molecule has 0 aromatic rings. The van der Waals surface area contributed by atoms with E-state index in [-0.39, 0.29) is 11.3 Å². The van der Waals surface area contributed by atoms with Crippen LogP contribution < -0.4 is 0 Å². The van der Waals surface area contributed by atoms with Gasteiger partial charge in [0.25, 0.3) is 0 Å². The summed E-state index contributed by atoms with van der Waals surface area (Å²) in [4.78, 5) is 0. The van der Waals surface area contributed by atoms with E-state index in [9.17, 15) is 4.39 Å². The third-order valence-electron chi connectivity index (χ3n) is 6.27. The first kappa shape index (κ1) is 17.0. The molecular formula is C20H35F. The fraction of sp³-hybridized carbons (Fsp3) is 0.900. The molecule has 2 aliphatic rings. The third-order valence-corrected chi connectivity index (χ3v) is 6.27. The molecule has 122 valence electrons. The highest BCUT2D eigenvalue weighted by atomic mass is 19.1. The van der Waals surface area contributed by atoms with Crippen molar-refractivity contribution in [3.63, 3.8) is 0 Å². The third kappa shape index (κ3) is 3.90. The number of alkyl halides is 1. The van der Waals surface area contributed by atoms with E-state index in [0.29, 0.717) is 11.8 Å². The van der Waals surface area contributed by atoms with Crippen LogP contribution in [0, 0.1) is 29.1 Å². The molecule has 0 amide bonds. The first-order valence-electron chi connectivity index (χ1n) is 9.18. The lowest BCUT2D eigenvalue weighted by Gasteiger charge is -2.32. The summed E-state index contributed by atoms with van der Waals surface area (Å²) >= 11 is 0. The zero-order valence-corrected chi connectivity index (χ0v) is 14.8. The summed E-state index contributed by atoms with van der Waals surface area (Å²) in [5.41, 5.74) is 1.72. The van der Waals surface area contributed by atoms with Crippen molar-refractivity contribution in [1.82, 2.24) is 0 Å². The van der Waals surface area contributed by atoms with Gasteiger partial charge in [-0.2, -0.15) is 0 Å². The van der Waals surface area contributed by atoms with Crippen LogP contribution in [0.3, 0.4) is 0 Å². The molecule has 0 spiro atoms. The van der Waals surface area contributed by atoms with Gasteiger partial charge in [-0.25, -0.2) is 4.39 Å². The molecule has 2 aliphatic carbocycles. The second-order valence-electron chi connectivity index (χ2n) is 8.58. The molecule has 0 saturated heterocycles. The molecule has 0 N–H and O–H groups in total. The summed E-state index contributed by atoms with van der Waals surface area (Å²) in [6.45, 7) is 11.5. The van der Waals surface area contributed by atoms with Crippen LogP contribution in [-0.2, 0) is 0 Å². The second-order valence-corrected chi connectivity index (χ2v) is 8.58. The first-order valence-corrected chi connectivity index (χ1v) is 9.18. The number of hydrogen-bond acceptors (Lipinski definition) is 0. The Labute approximate surface area is 131 Å². The molecule has 2 rings (SSSR count). The van der Waals surface area contributed by atoms with Crippen LogP contribution in [0.25, 0.3) is 0 Å². The highest BCUT2D eigenvalue weighted by molar-refractivity contribution is 5.23. The summed E-state index contributed by atoms with van der Waals surface area (Å²) in [7, 11) is 0. The topological polar surface area (TPSA) is 0 Å². The van der Waals surface area contributed by atoms with Gasteiger partial charge < -0.3 is 0 Å². The summed E-state index contributed by atoms with van der Waals surface area (Å²) in [5, 5.41) is 0. The smallest absolute Gasteiger partial charge is 0.103 e. The highest BCUT2D eigenvalue weighted by Gasteiger charge is 2.43. The molecule has 0 aromatic carbocycles. The van der Waals surface area contributed by atoms with E-state index in [4.69, 9.17) is 0 Å². The van der Waals surface area contributed by atoms with Gasteiger partial charge >= 0.3 is 0 Å². The number of fused-ring (bicyclic) bond motifs is 1. The van der Waals surface area contributed by atoms with Gasteiger partial charge in [0, 0.05) is 0 Å². The van der Waals surface area contributed by atoms with E-state index in [2.05, 4.69) is 40.7 Å². The number of allylic oxidation sites excluding steroid dienone is 2. The summed E-state index contributed by atoms with van der Waals surface area (Å²) in [6.07, 6.45) is 9.78. The first-order chi connectivity index (χ1) is 9.83. The fourth-order valence-electron chi connectivity index (χ4n) is 4.58. The molecule has 0 nitrogen and oxygen atoms in total. The average molecular weight is 294 g/mol. The minimum absolute atomic E-state index is 0.118. The molecule has 1 heteroatoms. The Morgan fingerprint density at radius 1 is 1.19 bits per heavy atom. The van der Waals surface area contributed by atoms with Gasteiger partial charge in [0.15, 0.2) is 0 Å². The summed E-state index contributed by atoms with van der Waals surface area (Å²) in [5.74, 6) is 2.35. The summed E-state index contributed by atoms with van der Waals surface area (Å²) in [6, 6.07) is 0. The SMILES string of the molecule is CC(C)[C@@H]1CC[C@]2(C)C[C@@H](F)[C@@H](C)CCC[C@@H](C)C/C=C\12. The molecule has 1 fully saturated rings. The molecule has 0 aliphatic heterocycles.